The minimum Gasteiger partial charge on any atom is -0.373 e. The second kappa shape index (κ2) is 34.9. The third kappa shape index (κ3) is 37.9. The summed E-state index contributed by atoms with van der Waals surface area (Å²) in [5, 5.41) is 0.558. The molecule has 0 fully saturated rings. The van der Waals surface area contributed by atoms with Gasteiger partial charge in [0.05, 0.1) is 0 Å². The first-order valence-corrected chi connectivity index (χ1v) is 20.8. The summed E-state index contributed by atoms with van der Waals surface area (Å²) < 4.78 is 40.2. The number of alkyl halides is 3. The molecule has 0 radical (unpaired) electrons. The molecule has 1 unspecified atom stereocenters. The first-order valence-electron chi connectivity index (χ1n) is 19.8. The van der Waals surface area contributed by atoms with Crippen LogP contribution in [0.4, 0.5) is 13.2 Å². The van der Waals surface area contributed by atoms with Crippen LogP contribution < -0.4 is 0 Å². The van der Waals surface area contributed by atoms with Crippen molar-refractivity contribution >= 4 is 17.7 Å². The summed E-state index contributed by atoms with van der Waals surface area (Å²) in [4.78, 5) is 11.4. The normalized spacial score (nSPS) is 12.6. The first kappa shape index (κ1) is 44.6. The van der Waals surface area contributed by atoms with E-state index in [0.717, 1.165) is 12.8 Å². The van der Waals surface area contributed by atoms with Crippen LogP contribution in [0.3, 0.4) is 0 Å². The number of halogens is 3. The molecule has 0 bridgehead atoms. The Morgan fingerprint density at radius 3 is 1.16 bits per heavy atom. The monoisotopic (exact) mass is 665 g/mol. The third-order valence-corrected chi connectivity index (χ3v) is 10.6. The largest absolute Gasteiger partial charge is 0.575 e. The van der Waals surface area contributed by atoms with E-state index in [4.69, 9.17) is 0 Å². The maximum absolute atomic E-state index is 12.2. The number of carbonyl (C=O) groups excluding carboxylic acids is 1. The molecule has 0 aromatic rings. The van der Waals surface area contributed by atoms with E-state index in [1.165, 1.54) is 192 Å². The molecule has 0 rings (SSSR count). The van der Waals surface area contributed by atoms with Gasteiger partial charge in [-0.1, -0.05) is 194 Å². The lowest BCUT2D eigenvalue weighted by Gasteiger charge is -2.17. The fraction of sp³-hybridized carbons (Fsp3) is 0.974. The predicted octanol–water partition coefficient (Wildman–Crippen LogP) is 15.1. The van der Waals surface area contributed by atoms with Crippen molar-refractivity contribution in [2.24, 2.45) is 0 Å². The number of hydrogen-bond acceptors (Lipinski definition) is 3. The molecule has 270 valence electrons. The Labute approximate surface area is 283 Å². The van der Waals surface area contributed by atoms with Gasteiger partial charge in [-0.05, 0) is 31.4 Å². The van der Waals surface area contributed by atoms with Crippen molar-refractivity contribution in [3.05, 3.63) is 0 Å². The summed E-state index contributed by atoms with van der Waals surface area (Å²) >= 11 is 2.06. The van der Waals surface area contributed by atoms with Crippen molar-refractivity contribution in [2.45, 2.75) is 237 Å². The highest BCUT2D eigenvalue weighted by Crippen LogP contribution is 2.26. The molecule has 1 atom stereocenters. The van der Waals surface area contributed by atoms with Gasteiger partial charge < -0.3 is 4.74 Å². The second-order valence-corrected chi connectivity index (χ2v) is 15.0. The van der Waals surface area contributed by atoms with Gasteiger partial charge in [-0.3, -0.25) is 4.79 Å². The van der Waals surface area contributed by atoms with Crippen LogP contribution in [0.5, 0.6) is 0 Å². The number of carbonyl (C=O) groups is 1. The smallest absolute Gasteiger partial charge is 0.373 e. The van der Waals surface area contributed by atoms with Gasteiger partial charge in [-0.2, -0.15) is 11.8 Å². The number of rotatable bonds is 36. The van der Waals surface area contributed by atoms with Gasteiger partial charge >= 0.3 is 12.3 Å². The van der Waals surface area contributed by atoms with E-state index in [2.05, 4.69) is 30.3 Å². The standard InChI is InChI=1S/C39H75F3O2S/c1-3-5-7-9-11-13-15-17-18-19-20-22-24-26-28-32-36-45-37(34-30-31-35-38(43)44-39(40,41)42)33-29-27-25-23-21-16-14-12-10-8-6-4-2/h37H,3-36H2,1-2H3. The Hall–Kier alpha value is -0.390. The van der Waals surface area contributed by atoms with Gasteiger partial charge in [0.25, 0.3) is 0 Å². The van der Waals surface area contributed by atoms with E-state index in [1.54, 1.807) is 0 Å². The van der Waals surface area contributed by atoms with Gasteiger partial charge in [0.2, 0.25) is 0 Å². The molecule has 0 amide bonds. The van der Waals surface area contributed by atoms with E-state index in [-0.39, 0.29) is 6.42 Å². The van der Waals surface area contributed by atoms with Gasteiger partial charge in [-0.25, -0.2) is 0 Å². The highest BCUT2D eigenvalue weighted by Gasteiger charge is 2.33. The Morgan fingerprint density at radius 2 is 0.800 bits per heavy atom. The van der Waals surface area contributed by atoms with Crippen molar-refractivity contribution in [2.75, 3.05) is 5.75 Å². The first-order chi connectivity index (χ1) is 21.9. The van der Waals surface area contributed by atoms with E-state index in [0.29, 0.717) is 11.7 Å². The van der Waals surface area contributed by atoms with Gasteiger partial charge in [-0.15, -0.1) is 13.2 Å². The molecule has 45 heavy (non-hydrogen) atoms. The molecule has 6 heteroatoms. The van der Waals surface area contributed by atoms with Crippen molar-refractivity contribution in [3.63, 3.8) is 0 Å². The van der Waals surface area contributed by atoms with Crippen LogP contribution >= 0.6 is 11.8 Å². The van der Waals surface area contributed by atoms with Crippen LogP contribution in [0.25, 0.3) is 0 Å². The summed E-state index contributed by atoms with van der Waals surface area (Å²) in [6, 6.07) is 0. The van der Waals surface area contributed by atoms with Crippen molar-refractivity contribution in [3.8, 4) is 0 Å². The third-order valence-electron chi connectivity index (χ3n) is 9.12. The Morgan fingerprint density at radius 1 is 0.489 bits per heavy atom. The highest BCUT2D eigenvalue weighted by atomic mass is 32.2. The van der Waals surface area contributed by atoms with Crippen molar-refractivity contribution in [1.82, 2.24) is 0 Å². The summed E-state index contributed by atoms with van der Waals surface area (Å²) in [6.45, 7) is 4.55. The zero-order valence-electron chi connectivity index (χ0n) is 30.0. The van der Waals surface area contributed by atoms with E-state index in [9.17, 15) is 18.0 Å². The minimum atomic E-state index is -4.86. The van der Waals surface area contributed by atoms with Crippen molar-refractivity contribution in [1.29, 1.82) is 0 Å². The SMILES string of the molecule is CCCCCCCCCCCCCCCCCCSC(CCCCCCCCCCCCCC)CCCCC(=O)OC(F)(F)F. The fourth-order valence-electron chi connectivity index (χ4n) is 6.25. The van der Waals surface area contributed by atoms with Gasteiger partial charge in [0.1, 0.15) is 0 Å². The van der Waals surface area contributed by atoms with Gasteiger partial charge in [0, 0.05) is 11.7 Å². The molecule has 0 aliphatic rings. The number of unbranched alkanes of at least 4 members (excludes halogenated alkanes) is 27. The number of esters is 1. The molecule has 0 heterocycles. The molecular formula is C39H75F3O2S. The maximum Gasteiger partial charge on any atom is 0.575 e. The van der Waals surface area contributed by atoms with E-state index < -0.39 is 12.3 Å². The number of ether oxygens (including phenoxy) is 1. The van der Waals surface area contributed by atoms with Crippen LogP contribution in [-0.4, -0.2) is 23.3 Å². The topological polar surface area (TPSA) is 26.3 Å². The fourth-order valence-corrected chi connectivity index (χ4v) is 7.62. The predicted molar refractivity (Wildman–Crippen MR) is 192 cm³/mol. The highest BCUT2D eigenvalue weighted by molar-refractivity contribution is 7.99. The van der Waals surface area contributed by atoms with Crippen LogP contribution in [-0.2, 0) is 9.53 Å². The average molecular weight is 665 g/mol. The van der Waals surface area contributed by atoms with Crippen LogP contribution in [0.2, 0.25) is 0 Å². The summed E-state index contributed by atoms with van der Waals surface area (Å²) in [5.74, 6) is 0.0260. The molecule has 0 aliphatic carbocycles. The summed E-state index contributed by atoms with van der Waals surface area (Å²) in [6.07, 6.45) is 36.8. The molecule has 0 spiro atoms. The quantitative estimate of drug-likeness (QED) is 0.0492. The van der Waals surface area contributed by atoms with Gasteiger partial charge in [0.15, 0.2) is 0 Å². The molecule has 0 N–H and O–H groups in total. The lowest BCUT2D eigenvalue weighted by atomic mass is 10.0. The minimum absolute atomic E-state index is 0.144. The zero-order valence-corrected chi connectivity index (χ0v) is 30.8. The molecule has 0 aliphatic heterocycles. The van der Waals surface area contributed by atoms with E-state index >= 15 is 0 Å². The number of thioether (sulfide) groups is 1. The second-order valence-electron chi connectivity index (χ2n) is 13.6. The maximum atomic E-state index is 12.2. The molecule has 2 nitrogen and oxygen atoms in total. The Kier molecular flexibility index (Phi) is 34.6. The lowest BCUT2D eigenvalue weighted by Crippen LogP contribution is -2.19. The molecule has 0 saturated heterocycles. The number of hydrogen-bond donors (Lipinski definition) is 0. The van der Waals surface area contributed by atoms with E-state index in [1.807, 2.05) is 0 Å². The summed E-state index contributed by atoms with van der Waals surface area (Å²) in [5.41, 5.74) is 0. The van der Waals surface area contributed by atoms with Crippen LogP contribution in [0, 0.1) is 0 Å². The summed E-state index contributed by atoms with van der Waals surface area (Å²) in [7, 11) is 0. The zero-order chi connectivity index (χ0) is 33.1. The van der Waals surface area contributed by atoms with Crippen molar-refractivity contribution < 1.29 is 22.7 Å². The lowest BCUT2D eigenvalue weighted by molar-refractivity contribution is -0.305. The molecule has 0 aromatic carbocycles. The van der Waals surface area contributed by atoms with Crippen LogP contribution in [0.15, 0.2) is 0 Å². The Balaban J connectivity index is 3.93. The molecule has 0 aromatic heterocycles. The molecule has 0 saturated carbocycles. The average Bonchev–Trinajstić information content (AvgIpc) is 3.00. The Bertz CT molecular complexity index is 599. The molecular weight excluding hydrogens is 589 g/mol. The van der Waals surface area contributed by atoms with Crippen LogP contribution in [0.1, 0.15) is 226 Å².